The van der Waals surface area contributed by atoms with Gasteiger partial charge in [0.15, 0.2) is 0 Å². The minimum atomic E-state index is -0.0335. The van der Waals surface area contributed by atoms with E-state index in [4.69, 9.17) is 5.10 Å². The molecule has 1 atom stereocenters. The fourth-order valence-electron chi connectivity index (χ4n) is 3.61. The third-order valence-electron chi connectivity index (χ3n) is 5.36. The molecule has 0 aromatic carbocycles. The van der Waals surface area contributed by atoms with Crippen LogP contribution in [0, 0.1) is 0 Å². The molecule has 0 spiro atoms. The Balaban J connectivity index is 1.65. The predicted molar refractivity (Wildman–Crippen MR) is 91.4 cm³/mol. The SMILES string of the molecule is Brc1ccc(C2(c3nnc(C4CCC4)n3C3CC3)C=CC2)s1. The Morgan fingerprint density at radius 3 is 2.50 bits per heavy atom. The fourth-order valence-corrected chi connectivity index (χ4v) is 5.17. The van der Waals surface area contributed by atoms with Crippen molar-refractivity contribution in [1.82, 2.24) is 14.8 Å². The van der Waals surface area contributed by atoms with Gasteiger partial charge in [-0.2, -0.15) is 0 Å². The van der Waals surface area contributed by atoms with E-state index in [2.05, 4.69) is 49.9 Å². The summed E-state index contributed by atoms with van der Waals surface area (Å²) in [7, 11) is 0. The highest BCUT2D eigenvalue weighted by Gasteiger charge is 2.45. The summed E-state index contributed by atoms with van der Waals surface area (Å²) in [6.45, 7) is 0. The number of rotatable bonds is 4. The Labute approximate surface area is 142 Å². The molecule has 0 radical (unpaired) electrons. The average molecular weight is 376 g/mol. The van der Waals surface area contributed by atoms with Crippen molar-refractivity contribution >= 4 is 27.3 Å². The second kappa shape index (κ2) is 4.78. The zero-order valence-corrected chi connectivity index (χ0v) is 14.7. The summed E-state index contributed by atoms with van der Waals surface area (Å²) in [5.41, 5.74) is -0.0335. The van der Waals surface area contributed by atoms with Crippen LogP contribution in [-0.2, 0) is 5.41 Å². The normalized spacial score (nSPS) is 27.7. The molecule has 2 aromatic rings. The topological polar surface area (TPSA) is 30.7 Å². The van der Waals surface area contributed by atoms with Crippen molar-refractivity contribution in [2.75, 3.05) is 0 Å². The second-order valence-corrected chi connectivity index (χ2v) is 9.26. The molecule has 114 valence electrons. The van der Waals surface area contributed by atoms with Crippen LogP contribution in [0.25, 0.3) is 0 Å². The molecule has 0 bridgehead atoms. The number of nitrogens with zero attached hydrogens (tertiary/aromatic N) is 3. The molecular weight excluding hydrogens is 358 g/mol. The van der Waals surface area contributed by atoms with Crippen molar-refractivity contribution in [3.8, 4) is 0 Å². The summed E-state index contributed by atoms with van der Waals surface area (Å²) < 4.78 is 3.71. The molecule has 2 heterocycles. The molecule has 5 rings (SSSR count). The van der Waals surface area contributed by atoms with E-state index in [0.29, 0.717) is 12.0 Å². The van der Waals surface area contributed by atoms with Crippen molar-refractivity contribution in [3.63, 3.8) is 0 Å². The number of aromatic nitrogens is 3. The van der Waals surface area contributed by atoms with Gasteiger partial charge in [0.05, 0.1) is 9.20 Å². The predicted octanol–water partition coefficient (Wildman–Crippen LogP) is 4.95. The van der Waals surface area contributed by atoms with Gasteiger partial charge in [-0.1, -0.05) is 18.6 Å². The van der Waals surface area contributed by atoms with Gasteiger partial charge in [0.2, 0.25) is 0 Å². The molecular formula is C17H18BrN3S. The van der Waals surface area contributed by atoms with Gasteiger partial charge in [-0.25, -0.2) is 0 Å². The van der Waals surface area contributed by atoms with E-state index in [9.17, 15) is 0 Å². The molecule has 5 heteroatoms. The van der Waals surface area contributed by atoms with Crippen LogP contribution in [0.5, 0.6) is 0 Å². The molecule has 3 nitrogen and oxygen atoms in total. The Bertz CT molecular complexity index is 754. The summed E-state index contributed by atoms with van der Waals surface area (Å²) in [6.07, 6.45) is 12.2. The maximum Gasteiger partial charge on any atom is 0.148 e. The third-order valence-corrected chi connectivity index (χ3v) is 7.16. The van der Waals surface area contributed by atoms with Crippen LogP contribution < -0.4 is 0 Å². The maximum atomic E-state index is 4.71. The average Bonchev–Trinajstić information content (AvgIpc) is 3.01. The molecule has 3 aliphatic rings. The van der Waals surface area contributed by atoms with Gasteiger partial charge in [0, 0.05) is 16.8 Å². The number of thiophene rings is 1. The minimum absolute atomic E-state index is 0.0335. The summed E-state index contributed by atoms with van der Waals surface area (Å²) >= 11 is 5.44. The molecule has 0 amide bonds. The largest absolute Gasteiger partial charge is 0.311 e. The van der Waals surface area contributed by atoms with E-state index >= 15 is 0 Å². The monoisotopic (exact) mass is 375 g/mol. The summed E-state index contributed by atoms with van der Waals surface area (Å²) in [5.74, 6) is 3.10. The third kappa shape index (κ3) is 1.84. The van der Waals surface area contributed by atoms with Gasteiger partial charge in [-0.15, -0.1) is 21.5 Å². The lowest BCUT2D eigenvalue weighted by Crippen LogP contribution is -2.33. The van der Waals surface area contributed by atoms with Crippen molar-refractivity contribution in [2.45, 2.75) is 55.9 Å². The van der Waals surface area contributed by atoms with Crippen molar-refractivity contribution in [2.24, 2.45) is 0 Å². The second-order valence-electron chi connectivity index (χ2n) is 6.79. The highest BCUT2D eigenvalue weighted by atomic mass is 79.9. The van der Waals surface area contributed by atoms with E-state index in [0.717, 1.165) is 6.42 Å². The van der Waals surface area contributed by atoms with E-state index in [1.807, 2.05) is 11.3 Å². The lowest BCUT2D eigenvalue weighted by Gasteiger charge is -2.35. The first kappa shape index (κ1) is 13.5. The number of hydrogen-bond donors (Lipinski definition) is 0. The first-order valence-corrected chi connectivity index (χ1v) is 9.78. The van der Waals surface area contributed by atoms with Gasteiger partial charge in [-0.3, -0.25) is 0 Å². The lowest BCUT2D eigenvalue weighted by atomic mass is 9.74. The molecule has 3 aliphatic carbocycles. The van der Waals surface area contributed by atoms with E-state index in [1.165, 1.54) is 52.4 Å². The molecule has 0 N–H and O–H groups in total. The zero-order chi connectivity index (χ0) is 14.7. The quantitative estimate of drug-likeness (QED) is 0.707. The van der Waals surface area contributed by atoms with Crippen LogP contribution in [0.3, 0.4) is 0 Å². The van der Waals surface area contributed by atoms with Gasteiger partial charge >= 0.3 is 0 Å². The number of hydrogen-bond acceptors (Lipinski definition) is 3. The van der Waals surface area contributed by atoms with Gasteiger partial charge in [-0.05, 0) is 60.2 Å². The van der Waals surface area contributed by atoms with Crippen molar-refractivity contribution in [1.29, 1.82) is 0 Å². The fraction of sp³-hybridized carbons (Fsp3) is 0.529. The van der Waals surface area contributed by atoms with Crippen LogP contribution in [0.15, 0.2) is 28.1 Å². The van der Waals surface area contributed by atoms with Crippen LogP contribution in [0.1, 0.15) is 67.0 Å². The van der Waals surface area contributed by atoms with E-state index in [-0.39, 0.29) is 5.41 Å². The van der Waals surface area contributed by atoms with E-state index in [1.54, 1.807) is 0 Å². The van der Waals surface area contributed by atoms with Gasteiger partial charge < -0.3 is 4.57 Å². The highest BCUT2D eigenvalue weighted by molar-refractivity contribution is 9.11. The maximum absolute atomic E-state index is 4.71. The smallest absolute Gasteiger partial charge is 0.148 e. The van der Waals surface area contributed by atoms with E-state index < -0.39 is 0 Å². The first-order valence-electron chi connectivity index (χ1n) is 8.17. The Hall–Kier alpha value is -0.940. The van der Waals surface area contributed by atoms with Gasteiger partial charge in [0.25, 0.3) is 0 Å². The van der Waals surface area contributed by atoms with Crippen LogP contribution in [0.4, 0.5) is 0 Å². The first-order chi connectivity index (χ1) is 10.8. The molecule has 0 aliphatic heterocycles. The van der Waals surface area contributed by atoms with Crippen LogP contribution in [-0.4, -0.2) is 14.8 Å². The Kier molecular flexibility index (Phi) is 2.93. The number of halogens is 1. The number of allylic oxidation sites excluding steroid dienone is 2. The summed E-state index contributed by atoms with van der Waals surface area (Å²) in [6, 6.07) is 5.04. The Morgan fingerprint density at radius 1 is 1.18 bits per heavy atom. The molecule has 2 fully saturated rings. The molecule has 2 saturated carbocycles. The molecule has 2 aromatic heterocycles. The van der Waals surface area contributed by atoms with Crippen LogP contribution >= 0.6 is 27.3 Å². The minimum Gasteiger partial charge on any atom is -0.311 e. The zero-order valence-electron chi connectivity index (χ0n) is 12.3. The van der Waals surface area contributed by atoms with Gasteiger partial charge in [0.1, 0.15) is 11.6 Å². The molecule has 0 saturated heterocycles. The summed E-state index contributed by atoms with van der Waals surface area (Å²) in [5, 5.41) is 9.36. The summed E-state index contributed by atoms with van der Waals surface area (Å²) in [4.78, 5) is 1.39. The molecule has 1 unspecified atom stereocenters. The van der Waals surface area contributed by atoms with Crippen LogP contribution in [0.2, 0.25) is 0 Å². The standard InChI is InChI=1S/C17H18BrN3S/c18-14-8-7-13(22-14)17(9-2-10-17)16-20-19-15(11-3-1-4-11)21(16)12-5-6-12/h2,7-9,11-12H,1,3-6,10H2. The highest BCUT2D eigenvalue weighted by Crippen LogP contribution is 2.50. The van der Waals surface area contributed by atoms with Crippen molar-refractivity contribution in [3.05, 3.63) is 44.6 Å². The lowest BCUT2D eigenvalue weighted by molar-refractivity contribution is 0.381. The van der Waals surface area contributed by atoms with Crippen molar-refractivity contribution < 1.29 is 0 Å². The molecule has 22 heavy (non-hydrogen) atoms. The Morgan fingerprint density at radius 2 is 2.00 bits per heavy atom.